The molecule has 5 nitrogen and oxygen atoms in total. The van der Waals surface area contributed by atoms with Gasteiger partial charge in [0.25, 0.3) is 0 Å². The largest absolute Gasteiger partial charge is 0.369 e. The molecule has 1 aliphatic rings. The minimum absolute atomic E-state index is 0.129. The van der Waals surface area contributed by atoms with Crippen molar-refractivity contribution in [3.05, 3.63) is 42.2 Å². The Morgan fingerprint density at radius 3 is 2.70 bits per heavy atom. The van der Waals surface area contributed by atoms with Crippen LogP contribution >= 0.6 is 0 Å². The van der Waals surface area contributed by atoms with Gasteiger partial charge in [-0.05, 0) is 38.9 Å². The van der Waals surface area contributed by atoms with Gasteiger partial charge in [0.2, 0.25) is 0 Å². The predicted molar refractivity (Wildman–Crippen MR) is 88.8 cm³/mol. The SMILES string of the molecule is CCn1cnnc1CN(C)C1CCN(c2ccccc2F)CC1. The Balaban J connectivity index is 1.57. The molecule has 23 heavy (non-hydrogen) atoms. The molecule has 3 rings (SSSR count). The summed E-state index contributed by atoms with van der Waals surface area (Å²) in [5.74, 6) is 0.877. The predicted octanol–water partition coefficient (Wildman–Crippen LogP) is 2.54. The van der Waals surface area contributed by atoms with Crippen molar-refractivity contribution in [1.82, 2.24) is 19.7 Å². The molecule has 1 saturated heterocycles. The fourth-order valence-corrected chi connectivity index (χ4v) is 3.27. The molecule has 0 radical (unpaired) electrons. The van der Waals surface area contributed by atoms with E-state index < -0.39 is 0 Å². The summed E-state index contributed by atoms with van der Waals surface area (Å²) in [6.07, 6.45) is 3.85. The van der Waals surface area contributed by atoms with E-state index in [1.54, 1.807) is 12.4 Å². The Bertz CT molecular complexity index is 633. The molecule has 0 spiro atoms. The van der Waals surface area contributed by atoms with Gasteiger partial charge in [-0.1, -0.05) is 12.1 Å². The van der Waals surface area contributed by atoms with Gasteiger partial charge in [0.15, 0.2) is 0 Å². The lowest BCUT2D eigenvalue weighted by Crippen LogP contribution is -2.43. The van der Waals surface area contributed by atoms with Crippen LogP contribution in [0.2, 0.25) is 0 Å². The van der Waals surface area contributed by atoms with Crippen LogP contribution in [0.1, 0.15) is 25.6 Å². The first-order valence-electron chi connectivity index (χ1n) is 8.25. The number of piperidine rings is 1. The van der Waals surface area contributed by atoms with Crippen LogP contribution in [0.15, 0.2) is 30.6 Å². The number of rotatable bonds is 5. The van der Waals surface area contributed by atoms with Crippen LogP contribution in [0.4, 0.5) is 10.1 Å². The molecule has 124 valence electrons. The zero-order chi connectivity index (χ0) is 16.2. The van der Waals surface area contributed by atoms with Crippen molar-refractivity contribution >= 4 is 5.69 Å². The van der Waals surface area contributed by atoms with Crippen LogP contribution in [-0.4, -0.2) is 45.8 Å². The Hall–Kier alpha value is -1.95. The highest BCUT2D eigenvalue weighted by Crippen LogP contribution is 2.24. The van der Waals surface area contributed by atoms with E-state index in [1.807, 2.05) is 12.1 Å². The average Bonchev–Trinajstić information content (AvgIpc) is 3.02. The molecule has 6 heteroatoms. The maximum Gasteiger partial charge on any atom is 0.146 e. The van der Waals surface area contributed by atoms with Crippen molar-refractivity contribution in [2.75, 3.05) is 25.0 Å². The molecule has 0 aliphatic carbocycles. The molecule has 0 atom stereocenters. The number of hydrogen-bond acceptors (Lipinski definition) is 4. The Morgan fingerprint density at radius 1 is 1.26 bits per heavy atom. The van der Waals surface area contributed by atoms with Crippen molar-refractivity contribution < 1.29 is 4.39 Å². The van der Waals surface area contributed by atoms with Crippen LogP contribution in [0.3, 0.4) is 0 Å². The lowest BCUT2D eigenvalue weighted by Gasteiger charge is -2.37. The molecule has 0 bridgehead atoms. The number of halogens is 1. The van der Waals surface area contributed by atoms with E-state index in [9.17, 15) is 4.39 Å². The normalized spacial score (nSPS) is 16.3. The fourth-order valence-electron chi connectivity index (χ4n) is 3.27. The second kappa shape index (κ2) is 7.08. The van der Waals surface area contributed by atoms with Crippen molar-refractivity contribution in [3.8, 4) is 0 Å². The maximum atomic E-state index is 13.9. The van der Waals surface area contributed by atoms with Crippen LogP contribution in [0, 0.1) is 5.82 Å². The van der Waals surface area contributed by atoms with E-state index in [0.717, 1.165) is 50.5 Å². The van der Waals surface area contributed by atoms with Gasteiger partial charge in [-0.2, -0.15) is 0 Å². The molecular weight excluding hydrogens is 293 g/mol. The third-order valence-electron chi connectivity index (χ3n) is 4.71. The van der Waals surface area contributed by atoms with E-state index in [4.69, 9.17) is 0 Å². The molecule has 0 saturated carbocycles. The first-order chi connectivity index (χ1) is 11.2. The summed E-state index contributed by atoms with van der Waals surface area (Å²) in [5.41, 5.74) is 0.722. The number of aryl methyl sites for hydroxylation is 1. The molecule has 2 aromatic rings. The molecule has 1 aromatic carbocycles. The van der Waals surface area contributed by atoms with Crippen LogP contribution in [0.25, 0.3) is 0 Å². The number of nitrogens with zero attached hydrogens (tertiary/aromatic N) is 5. The summed E-state index contributed by atoms with van der Waals surface area (Å²) >= 11 is 0. The van der Waals surface area contributed by atoms with E-state index in [1.165, 1.54) is 6.07 Å². The molecule has 0 unspecified atom stereocenters. The van der Waals surface area contributed by atoms with Gasteiger partial charge in [-0.3, -0.25) is 4.90 Å². The first-order valence-corrected chi connectivity index (χ1v) is 8.25. The van der Waals surface area contributed by atoms with Gasteiger partial charge in [-0.15, -0.1) is 10.2 Å². The van der Waals surface area contributed by atoms with Crippen molar-refractivity contribution in [2.45, 2.75) is 38.9 Å². The third-order valence-corrected chi connectivity index (χ3v) is 4.71. The van der Waals surface area contributed by atoms with E-state index in [-0.39, 0.29) is 5.82 Å². The molecule has 1 aromatic heterocycles. The van der Waals surface area contributed by atoms with Gasteiger partial charge in [0.05, 0.1) is 12.2 Å². The lowest BCUT2D eigenvalue weighted by atomic mass is 10.0. The summed E-state index contributed by atoms with van der Waals surface area (Å²) in [6, 6.07) is 7.53. The van der Waals surface area contributed by atoms with Gasteiger partial charge in [0, 0.05) is 25.7 Å². The average molecular weight is 317 g/mol. The van der Waals surface area contributed by atoms with Gasteiger partial charge < -0.3 is 9.47 Å². The van der Waals surface area contributed by atoms with Gasteiger partial charge >= 0.3 is 0 Å². The minimum atomic E-state index is -0.129. The molecule has 1 aliphatic heterocycles. The second-order valence-electron chi connectivity index (χ2n) is 6.12. The summed E-state index contributed by atoms with van der Waals surface area (Å²) in [6.45, 7) is 5.56. The number of aromatic nitrogens is 3. The minimum Gasteiger partial charge on any atom is -0.369 e. The zero-order valence-corrected chi connectivity index (χ0v) is 13.8. The summed E-state index contributed by atoms with van der Waals surface area (Å²) in [5, 5.41) is 8.20. The van der Waals surface area contributed by atoms with Crippen molar-refractivity contribution in [1.29, 1.82) is 0 Å². The van der Waals surface area contributed by atoms with Crippen molar-refractivity contribution in [2.24, 2.45) is 0 Å². The van der Waals surface area contributed by atoms with E-state index in [2.05, 4.69) is 38.5 Å². The van der Waals surface area contributed by atoms with Crippen LogP contribution in [0.5, 0.6) is 0 Å². The lowest BCUT2D eigenvalue weighted by molar-refractivity contribution is 0.193. The highest BCUT2D eigenvalue weighted by molar-refractivity contribution is 5.47. The van der Waals surface area contributed by atoms with Gasteiger partial charge in [0.1, 0.15) is 18.0 Å². The third kappa shape index (κ3) is 3.52. The number of anilines is 1. The molecular formula is C17H24FN5. The fraction of sp³-hybridized carbons (Fsp3) is 0.529. The number of hydrogen-bond donors (Lipinski definition) is 0. The van der Waals surface area contributed by atoms with Crippen LogP contribution < -0.4 is 4.90 Å². The summed E-state index contributed by atoms with van der Waals surface area (Å²) in [7, 11) is 2.14. The first kappa shape index (κ1) is 15.9. The van der Waals surface area contributed by atoms with Gasteiger partial charge in [-0.25, -0.2) is 4.39 Å². The topological polar surface area (TPSA) is 37.2 Å². The molecule has 1 fully saturated rings. The van der Waals surface area contributed by atoms with Crippen molar-refractivity contribution in [3.63, 3.8) is 0 Å². The highest BCUT2D eigenvalue weighted by atomic mass is 19.1. The molecule has 2 heterocycles. The Labute approximate surface area is 136 Å². The number of para-hydroxylation sites is 1. The van der Waals surface area contributed by atoms with E-state index >= 15 is 0 Å². The molecule has 0 N–H and O–H groups in total. The standard InChI is InChI=1S/C17H24FN5/c1-3-22-13-19-20-17(22)12-21(2)14-8-10-23(11-9-14)16-7-5-4-6-15(16)18/h4-7,13-14H,3,8-12H2,1-2H3. The van der Waals surface area contributed by atoms with E-state index in [0.29, 0.717) is 6.04 Å². The monoisotopic (exact) mass is 317 g/mol. The Kier molecular flexibility index (Phi) is 4.91. The maximum absolute atomic E-state index is 13.9. The zero-order valence-electron chi connectivity index (χ0n) is 13.8. The summed E-state index contributed by atoms with van der Waals surface area (Å²) in [4.78, 5) is 4.49. The molecule has 0 amide bonds. The number of benzene rings is 1. The highest BCUT2D eigenvalue weighted by Gasteiger charge is 2.24. The summed E-state index contributed by atoms with van der Waals surface area (Å²) < 4.78 is 16.0. The Morgan fingerprint density at radius 2 is 2.00 bits per heavy atom. The smallest absolute Gasteiger partial charge is 0.146 e. The van der Waals surface area contributed by atoms with Crippen LogP contribution in [-0.2, 0) is 13.1 Å². The second-order valence-corrected chi connectivity index (χ2v) is 6.12. The quantitative estimate of drug-likeness (QED) is 0.849.